The fourth-order valence-corrected chi connectivity index (χ4v) is 1.39. The van der Waals surface area contributed by atoms with Crippen LogP contribution in [-0.2, 0) is 4.79 Å². The Morgan fingerprint density at radius 1 is 1.60 bits per heavy atom. The lowest BCUT2D eigenvalue weighted by Crippen LogP contribution is -2.30. The molecule has 0 aromatic carbocycles. The van der Waals surface area contributed by atoms with Crippen LogP contribution < -0.4 is 5.73 Å². The lowest BCUT2D eigenvalue weighted by atomic mass is 10.0. The van der Waals surface area contributed by atoms with Gasteiger partial charge in [-0.25, -0.2) is 0 Å². The molecule has 0 aliphatic heterocycles. The topological polar surface area (TPSA) is 46.3 Å². The maximum atomic E-state index is 11.7. The number of unbranched alkanes of at least 4 members (excludes halogenated alkanes) is 1. The highest BCUT2D eigenvalue weighted by Gasteiger charge is 2.13. The Kier molecular flexibility index (Phi) is 8.01. The second-order valence-electron chi connectivity index (χ2n) is 3.96. The van der Waals surface area contributed by atoms with Crippen molar-refractivity contribution in [2.24, 2.45) is 11.7 Å². The third kappa shape index (κ3) is 6.28. The van der Waals surface area contributed by atoms with Crippen LogP contribution >= 0.6 is 0 Å². The highest BCUT2D eigenvalue weighted by molar-refractivity contribution is 5.76. The van der Waals surface area contributed by atoms with E-state index in [-0.39, 0.29) is 5.91 Å². The minimum atomic E-state index is 0.205. The van der Waals surface area contributed by atoms with E-state index in [1.807, 2.05) is 13.1 Å². The molecule has 0 rings (SSSR count). The lowest BCUT2D eigenvalue weighted by Gasteiger charge is -2.19. The third-order valence-corrected chi connectivity index (χ3v) is 2.70. The smallest absolute Gasteiger partial charge is 0.222 e. The number of amides is 1. The average Bonchev–Trinajstić information content (AvgIpc) is 2.25. The molecule has 15 heavy (non-hydrogen) atoms. The molecule has 0 aromatic rings. The Morgan fingerprint density at radius 2 is 2.27 bits per heavy atom. The van der Waals surface area contributed by atoms with Crippen LogP contribution in [0.1, 0.15) is 32.6 Å². The fourth-order valence-electron chi connectivity index (χ4n) is 1.39. The number of allylic oxidation sites excluding steroid dienone is 1. The summed E-state index contributed by atoms with van der Waals surface area (Å²) in [6.07, 6.45) is 5.39. The van der Waals surface area contributed by atoms with Gasteiger partial charge < -0.3 is 10.6 Å². The molecular formula is C12H24N2O. The molecule has 0 spiro atoms. The molecular weight excluding hydrogens is 188 g/mol. The summed E-state index contributed by atoms with van der Waals surface area (Å²) in [5.74, 6) is 0.538. The molecule has 0 aliphatic rings. The first-order valence-corrected chi connectivity index (χ1v) is 5.70. The minimum absolute atomic E-state index is 0.205. The Balaban J connectivity index is 3.81. The second kappa shape index (κ2) is 8.48. The summed E-state index contributed by atoms with van der Waals surface area (Å²) >= 11 is 0. The molecule has 0 radical (unpaired) electrons. The molecule has 0 aliphatic carbocycles. The number of nitrogens with zero attached hydrogens (tertiary/aromatic N) is 1. The van der Waals surface area contributed by atoms with Crippen LogP contribution in [0.25, 0.3) is 0 Å². The zero-order valence-corrected chi connectivity index (χ0v) is 10.0. The number of carbonyl (C=O) groups excluding carboxylic acids is 1. The van der Waals surface area contributed by atoms with Crippen LogP contribution in [0.5, 0.6) is 0 Å². The van der Waals surface area contributed by atoms with Crippen molar-refractivity contribution in [3.63, 3.8) is 0 Å². The first kappa shape index (κ1) is 14.2. The van der Waals surface area contributed by atoms with E-state index in [1.165, 1.54) is 0 Å². The number of rotatable bonds is 8. The lowest BCUT2D eigenvalue weighted by molar-refractivity contribution is -0.130. The summed E-state index contributed by atoms with van der Waals surface area (Å²) in [4.78, 5) is 13.5. The average molecular weight is 212 g/mol. The zero-order valence-electron chi connectivity index (χ0n) is 10.0. The first-order valence-electron chi connectivity index (χ1n) is 5.70. The summed E-state index contributed by atoms with van der Waals surface area (Å²) < 4.78 is 0. The normalized spacial score (nSPS) is 12.2. The highest BCUT2D eigenvalue weighted by atomic mass is 16.2. The van der Waals surface area contributed by atoms with E-state index in [0.717, 1.165) is 25.8 Å². The van der Waals surface area contributed by atoms with E-state index < -0.39 is 0 Å². The van der Waals surface area contributed by atoms with Gasteiger partial charge in [-0.05, 0) is 25.3 Å². The van der Waals surface area contributed by atoms with E-state index in [1.54, 1.807) is 4.90 Å². The molecule has 0 fully saturated rings. The maximum Gasteiger partial charge on any atom is 0.222 e. The van der Waals surface area contributed by atoms with Gasteiger partial charge in [-0.2, -0.15) is 0 Å². The van der Waals surface area contributed by atoms with Gasteiger partial charge >= 0.3 is 0 Å². The number of hydrogen-bond acceptors (Lipinski definition) is 2. The number of nitrogens with two attached hydrogens (primary N) is 1. The van der Waals surface area contributed by atoms with Gasteiger partial charge in [-0.3, -0.25) is 4.79 Å². The van der Waals surface area contributed by atoms with Gasteiger partial charge in [0, 0.05) is 20.0 Å². The van der Waals surface area contributed by atoms with E-state index in [9.17, 15) is 4.79 Å². The SMILES string of the molecule is C=CCCCN(C)C(=O)CC(CC)CN. The highest BCUT2D eigenvalue weighted by Crippen LogP contribution is 2.08. The van der Waals surface area contributed by atoms with Crippen LogP contribution in [0.4, 0.5) is 0 Å². The van der Waals surface area contributed by atoms with Crippen LogP contribution in [0.3, 0.4) is 0 Å². The van der Waals surface area contributed by atoms with Gasteiger partial charge in [0.1, 0.15) is 0 Å². The van der Waals surface area contributed by atoms with E-state index >= 15 is 0 Å². The van der Waals surface area contributed by atoms with Crippen molar-refractivity contribution >= 4 is 5.91 Å². The zero-order chi connectivity index (χ0) is 11.7. The third-order valence-electron chi connectivity index (χ3n) is 2.70. The molecule has 1 amide bonds. The van der Waals surface area contributed by atoms with Gasteiger partial charge in [-0.15, -0.1) is 6.58 Å². The molecule has 0 heterocycles. The first-order chi connectivity index (χ1) is 7.15. The molecule has 1 unspecified atom stereocenters. The van der Waals surface area contributed by atoms with Crippen molar-refractivity contribution in [1.29, 1.82) is 0 Å². The van der Waals surface area contributed by atoms with Crippen LogP contribution in [0.2, 0.25) is 0 Å². The largest absolute Gasteiger partial charge is 0.346 e. The second-order valence-corrected chi connectivity index (χ2v) is 3.96. The van der Waals surface area contributed by atoms with Crippen molar-refractivity contribution in [3.8, 4) is 0 Å². The van der Waals surface area contributed by atoms with Crippen molar-refractivity contribution in [2.75, 3.05) is 20.1 Å². The fraction of sp³-hybridized carbons (Fsp3) is 0.750. The standard InChI is InChI=1S/C12H24N2O/c1-4-6-7-8-14(3)12(15)9-11(5-2)10-13/h4,11H,1,5-10,13H2,2-3H3. The predicted molar refractivity (Wildman–Crippen MR) is 64.5 cm³/mol. The predicted octanol–water partition coefficient (Wildman–Crippen LogP) is 1.79. The molecule has 3 nitrogen and oxygen atoms in total. The molecule has 2 N–H and O–H groups in total. The molecule has 0 saturated heterocycles. The van der Waals surface area contributed by atoms with Gasteiger partial charge in [0.15, 0.2) is 0 Å². The summed E-state index contributed by atoms with van der Waals surface area (Å²) in [7, 11) is 1.86. The van der Waals surface area contributed by atoms with E-state index in [4.69, 9.17) is 5.73 Å². The van der Waals surface area contributed by atoms with Crippen molar-refractivity contribution in [1.82, 2.24) is 4.90 Å². The summed E-state index contributed by atoms with van der Waals surface area (Å²) in [5.41, 5.74) is 5.57. The molecule has 0 bridgehead atoms. The summed E-state index contributed by atoms with van der Waals surface area (Å²) in [5, 5.41) is 0. The summed E-state index contributed by atoms with van der Waals surface area (Å²) in [6, 6.07) is 0. The van der Waals surface area contributed by atoms with Gasteiger partial charge in [0.05, 0.1) is 0 Å². The van der Waals surface area contributed by atoms with Crippen molar-refractivity contribution in [3.05, 3.63) is 12.7 Å². The van der Waals surface area contributed by atoms with Crippen molar-refractivity contribution < 1.29 is 4.79 Å². The monoisotopic (exact) mass is 212 g/mol. The quantitative estimate of drug-likeness (QED) is 0.492. The summed E-state index contributed by atoms with van der Waals surface area (Å²) in [6.45, 7) is 7.14. The Labute approximate surface area is 93.3 Å². The Hall–Kier alpha value is -0.830. The van der Waals surface area contributed by atoms with Crippen molar-refractivity contribution in [2.45, 2.75) is 32.6 Å². The van der Waals surface area contributed by atoms with Crippen LogP contribution in [-0.4, -0.2) is 30.9 Å². The molecule has 0 saturated carbocycles. The van der Waals surface area contributed by atoms with Crippen LogP contribution in [0.15, 0.2) is 12.7 Å². The van der Waals surface area contributed by atoms with E-state index in [0.29, 0.717) is 18.9 Å². The Bertz CT molecular complexity index is 188. The maximum absolute atomic E-state index is 11.7. The number of hydrogen-bond donors (Lipinski definition) is 1. The molecule has 3 heteroatoms. The number of carbonyl (C=O) groups is 1. The minimum Gasteiger partial charge on any atom is -0.346 e. The van der Waals surface area contributed by atoms with E-state index in [2.05, 4.69) is 13.5 Å². The van der Waals surface area contributed by atoms with Gasteiger partial charge in [-0.1, -0.05) is 19.4 Å². The molecule has 88 valence electrons. The van der Waals surface area contributed by atoms with Gasteiger partial charge in [0.2, 0.25) is 5.91 Å². The molecule has 1 atom stereocenters. The Morgan fingerprint density at radius 3 is 2.73 bits per heavy atom. The van der Waals surface area contributed by atoms with Crippen LogP contribution in [0, 0.1) is 5.92 Å². The van der Waals surface area contributed by atoms with Gasteiger partial charge in [0.25, 0.3) is 0 Å². The molecule has 0 aromatic heterocycles.